The zero-order valence-corrected chi connectivity index (χ0v) is 16.5. The van der Waals surface area contributed by atoms with Crippen molar-refractivity contribution in [1.29, 1.82) is 0 Å². The molecule has 0 unspecified atom stereocenters. The predicted octanol–water partition coefficient (Wildman–Crippen LogP) is 1.61. The summed E-state index contributed by atoms with van der Waals surface area (Å²) in [7, 11) is -8.46. The van der Waals surface area contributed by atoms with Crippen LogP contribution < -0.4 is 15.6 Å². The van der Waals surface area contributed by atoms with Crippen molar-refractivity contribution in [2.75, 3.05) is 11.0 Å². The van der Waals surface area contributed by atoms with Gasteiger partial charge in [0, 0.05) is 10.5 Å². The van der Waals surface area contributed by atoms with Crippen LogP contribution in [0.2, 0.25) is 5.02 Å². The molecule has 1 amide bonds. The van der Waals surface area contributed by atoms with Gasteiger partial charge in [-0.15, -0.1) is 11.8 Å². The van der Waals surface area contributed by atoms with Crippen LogP contribution in [0.15, 0.2) is 51.1 Å². The zero-order valence-electron chi connectivity index (χ0n) is 13.3. The minimum atomic E-state index is -4.26. The van der Waals surface area contributed by atoms with Gasteiger partial charge in [0.05, 0.1) is 15.6 Å². The van der Waals surface area contributed by atoms with Gasteiger partial charge >= 0.3 is 0 Å². The Kier molecular flexibility index (Phi) is 5.88. The van der Waals surface area contributed by atoms with Crippen LogP contribution in [0.25, 0.3) is 0 Å². The summed E-state index contributed by atoms with van der Waals surface area (Å²) in [5, 5.41) is 5.32. The van der Waals surface area contributed by atoms with Crippen molar-refractivity contribution >= 4 is 55.0 Å². The third-order valence-electron chi connectivity index (χ3n) is 3.25. The van der Waals surface area contributed by atoms with Crippen LogP contribution in [0.1, 0.15) is 10.4 Å². The molecule has 2 aromatic carbocycles. The van der Waals surface area contributed by atoms with E-state index in [0.717, 1.165) is 18.2 Å². The number of primary amides is 1. The molecule has 26 heavy (non-hydrogen) atoms. The average Bonchev–Trinajstić information content (AvgIpc) is 2.53. The number of carbonyl (C=O) groups is 1. The average molecular weight is 436 g/mol. The number of hydrogen-bond donors (Lipinski definition) is 3. The van der Waals surface area contributed by atoms with Crippen molar-refractivity contribution in [3.05, 3.63) is 47.0 Å². The number of nitrogens with one attached hydrogen (secondary N) is 1. The summed E-state index contributed by atoms with van der Waals surface area (Å²) in [6.45, 7) is 0. The normalized spacial score (nSPS) is 12.0. The number of primary sulfonamides is 1. The van der Waals surface area contributed by atoms with E-state index in [2.05, 4.69) is 4.72 Å². The van der Waals surface area contributed by atoms with E-state index in [1.54, 1.807) is 6.26 Å². The first-order valence-corrected chi connectivity index (χ1v) is 11.4. The minimum absolute atomic E-state index is 0.0918. The van der Waals surface area contributed by atoms with Gasteiger partial charge in [-0.3, -0.25) is 9.52 Å². The first-order chi connectivity index (χ1) is 12.0. The molecule has 0 aromatic heterocycles. The van der Waals surface area contributed by atoms with Crippen molar-refractivity contribution < 1.29 is 21.6 Å². The van der Waals surface area contributed by atoms with Crippen LogP contribution in [0.4, 0.5) is 5.69 Å². The first kappa shape index (κ1) is 20.5. The quantitative estimate of drug-likeness (QED) is 0.586. The van der Waals surface area contributed by atoms with Crippen LogP contribution in [-0.2, 0) is 20.0 Å². The molecule has 0 atom stereocenters. The van der Waals surface area contributed by atoms with Gasteiger partial charge in [0.1, 0.15) is 4.90 Å². The third kappa shape index (κ3) is 4.48. The van der Waals surface area contributed by atoms with Gasteiger partial charge in [-0.2, -0.15) is 0 Å². The van der Waals surface area contributed by atoms with Crippen molar-refractivity contribution in [1.82, 2.24) is 0 Å². The molecule has 8 nitrogen and oxygen atoms in total. The molecule has 0 saturated carbocycles. The molecule has 5 N–H and O–H groups in total. The van der Waals surface area contributed by atoms with Gasteiger partial charge in [0.25, 0.3) is 10.0 Å². The Bertz CT molecular complexity index is 1090. The van der Waals surface area contributed by atoms with E-state index in [1.165, 1.54) is 30.0 Å². The van der Waals surface area contributed by atoms with Crippen molar-refractivity contribution in [2.45, 2.75) is 14.7 Å². The van der Waals surface area contributed by atoms with E-state index in [9.17, 15) is 21.6 Å². The van der Waals surface area contributed by atoms with Gasteiger partial charge in [-0.1, -0.05) is 11.6 Å². The maximum absolute atomic E-state index is 12.6. The first-order valence-electron chi connectivity index (χ1n) is 6.78. The Balaban J connectivity index is 2.56. The molecule has 2 rings (SSSR count). The topological polar surface area (TPSA) is 149 Å². The molecule has 0 radical (unpaired) electrons. The fourth-order valence-electron chi connectivity index (χ4n) is 2.03. The van der Waals surface area contributed by atoms with Crippen LogP contribution in [0.5, 0.6) is 0 Å². The van der Waals surface area contributed by atoms with E-state index in [0.29, 0.717) is 4.90 Å². The number of amides is 1. The molecule has 0 fully saturated rings. The number of carbonyl (C=O) groups excluding carboxylic acids is 1. The van der Waals surface area contributed by atoms with Gasteiger partial charge in [0.15, 0.2) is 0 Å². The van der Waals surface area contributed by atoms with Gasteiger partial charge in [-0.25, -0.2) is 22.0 Å². The zero-order chi connectivity index (χ0) is 19.7. The summed E-state index contributed by atoms with van der Waals surface area (Å²) in [5.41, 5.74) is 4.67. The Morgan fingerprint density at radius 3 is 2.27 bits per heavy atom. The van der Waals surface area contributed by atoms with Crippen molar-refractivity contribution in [3.8, 4) is 0 Å². The Morgan fingerprint density at radius 1 is 1.12 bits per heavy atom. The summed E-state index contributed by atoms with van der Waals surface area (Å²) < 4.78 is 50.7. The highest BCUT2D eigenvalue weighted by Gasteiger charge is 2.22. The lowest BCUT2D eigenvalue weighted by molar-refractivity contribution is 0.1000. The lowest BCUT2D eigenvalue weighted by atomic mass is 10.2. The Hall–Kier alpha value is -1.79. The van der Waals surface area contributed by atoms with E-state index in [4.69, 9.17) is 22.5 Å². The second-order valence-corrected chi connectivity index (χ2v) is 9.49. The molecule has 0 saturated heterocycles. The molecule has 0 heterocycles. The smallest absolute Gasteiger partial charge is 0.261 e. The van der Waals surface area contributed by atoms with E-state index >= 15 is 0 Å². The van der Waals surface area contributed by atoms with Gasteiger partial charge in [-0.05, 0) is 42.7 Å². The van der Waals surface area contributed by atoms with Crippen molar-refractivity contribution in [2.24, 2.45) is 10.9 Å². The standard InChI is InChI=1S/C14H14ClN3O5S3/c1-24-12-4-3-9(7-10(12)15)26(22,23)18-11-6-8(14(16)19)2-5-13(11)25(17,20)21/h2-7,18H,1H3,(H2,16,19)(H2,17,20,21). The molecule has 12 heteroatoms. The summed E-state index contributed by atoms with van der Waals surface area (Å²) in [6, 6.07) is 7.18. The molecule has 0 aliphatic carbocycles. The van der Waals surface area contributed by atoms with Gasteiger partial charge in [0.2, 0.25) is 15.9 Å². The summed E-state index contributed by atoms with van der Waals surface area (Å²) in [6.07, 6.45) is 1.78. The second-order valence-electron chi connectivity index (χ2n) is 5.02. The lowest BCUT2D eigenvalue weighted by Crippen LogP contribution is -2.20. The number of hydrogen-bond acceptors (Lipinski definition) is 6. The number of benzene rings is 2. The largest absolute Gasteiger partial charge is 0.366 e. The van der Waals surface area contributed by atoms with E-state index in [1.807, 2.05) is 0 Å². The number of anilines is 1. The van der Waals surface area contributed by atoms with Crippen LogP contribution in [0, 0.1) is 0 Å². The van der Waals surface area contributed by atoms with Crippen LogP contribution >= 0.6 is 23.4 Å². The highest BCUT2D eigenvalue weighted by Crippen LogP contribution is 2.30. The Labute approximate surface area is 160 Å². The molecule has 2 aromatic rings. The number of rotatable bonds is 6. The molecule has 0 aliphatic heterocycles. The number of sulfonamides is 2. The number of thioether (sulfide) groups is 1. The maximum atomic E-state index is 12.6. The number of halogens is 1. The summed E-state index contributed by atoms with van der Waals surface area (Å²) in [4.78, 5) is 11.3. The van der Waals surface area contributed by atoms with E-state index in [-0.39, 0.29) is 15.5 Å². The molecule has 0 bridgehead atoms. The third-order valence-corrected chi connectivity index (χ3v) is 6.80. The van der Waals surface area contributed by atoms with Crippen molar-refractivity contribution in [3.63, 3.8) is 0 Å². The Morgan fingerprint density at radius 2 is 1.77 bits per heavy atom. The fraction of sp³-hybridized carbons (Fsp3) is 0.0714. The van der Waals surface area contributed by atoms with Crippen LogP contribution in [0.3, 0.4) is 0 Å². The molecular weight excluding hydrogens is 422 g/mol. The highest BCUT2D eigenvalue weighted by atomic mass is 35.5. The highest BCUT2D eigenvalue weighted by molar-refractivity contribution is 7.98. The molecule has 140 valence electrons. The molecule has 0 aliphatic rings. The summed E-state index contributed by atoms with van der Waals surface area (Å²) in [5.74, 6) is -0.862. The monoisotopic (exact) mass is 435 g/mol. The number of nitrogens with two attached hydrogens (primary N) is 2. The molecule has 0 spiro atoms. The van der Waals surface area contributed by atoms with E-state index < -0.39 is 36.5 Å². The fourth-order valence-corrected chi connectivity index (χ4v) is 4.80. The minimum Gasteiger partial charge on any atom is -0.366 e. The summed E-state index contributed by atoms with van der Waals surface area (Å²) >= 11 is 7.35. The lowest BCUT2D eigenvalue weighted by Gasteiger charge is -2.13. The van der Waals surface area contributed by atoms with Gasteiger partial charge < -0.3 is 5.73 Å². The van der Waals surface area contributed by atoms with Crippen LogP contribution in [-0.4, -0.2) is 29.0 Å². The SMILES string of the molecule is CSc1ccc(S(=O)(=O)Nc2cc(C(N)=O)ccc2S(N)(=O)=O)cc1Cl. The predicted molar refractivity (Wildman–Crippen MR) is 100 cm³/mol. The molecular formula is C14H14ClN3O5S3. The second kappa shape index (κ2) is 7.45. The maximum Gasteiger partial charge on any atom is 0.261 e.